The molecular weight excluding hydrogens is 328 g/mol. The fourth-order valence-electron chi connectivity index (χ4n) is 2.21. The van der Waals surface area contributed by atoms with Crippen LogP contribution in [0.3, 0.4) is 0 Å². The molecule has 1 saturated heterocycles. The number of amides is 2. The molecule has 104 valence electrons. The fourth-order valence-corrected chi connectivity index (χ4v) is 2.93. The van der Waals surface area contributed by atoms with E-state index in [2.05, 4.69) is 21.2 Å². The lowest BCUT2D eigenvalue weighted by molar-refractivity contribution is 0.214. The van der Waals surface area contributed by atoms with Gasteiger partial charge in [0.15, 0.2) is 0 Å². The highest BCUT2D eigenvalue weighted by Crippen LogP contribution is 2.29. The van der Waals surface area contributed by atoms with Crippen molar-refractivity contribution in [3.05, 3.63) is 27.2 Å². The van der Waals surface area contributed by atoms with Gasteiger partial charge in [-0.2, -0.15) is 0 Å². The first-order valence-electron chi connectivity index (χ1n) is 6.59. The largest absolute Gasteiger partial charge is 0.325 e. The van der Waals surface area contributed by atoms with Crippen molar-refractivity contribution in [3.63, 3.8) is 0 Å². The summed E-state index contributed by atoms with van der Waals surface area (Å²) < 4.78 is 0.859. The molecule has 5 heteroatoms. The van der Waals surface area contributed by atoms with Gasteiger partial charge in [-0.25, -0.2) is 4.79 Å². The van der Waals surface area contributed by atoms with Crippen molar-refractivity contribution in [2.24, 2.45) is 0 Å². The van der Waals surface area contributed by atoms with Gasteiger partial charge in [0.05, 0.1) is 5.69 Å². The number of rotatable bonds is 1. The predicted molar refractivity (Wildman–Crippen MR) is 82.9 cm³/mol. The van der Waals surface area contributed by atoms with Crippen LogP contribution < -0.4 is 5.32 Å². The molecule has 1 aliphatic rings. The van der Waals surface area contributed by atoms with Crippen LogP contribution in [0.2, 0.25) is 5.02 Å². The summed E-state index contributed by atoms with van der Waals surface area (Å²) in [5.74, 6) is 0. The van der Waals surface area contributed by atoms with E-state index >= 15 is 0 Å². The average molecular weight is 346 g/mol. The standard InChI is InChI=1S/C14H18BrClN2O/c1-10-8-11(15)13(9-12(10)16)17-14(19)18-6-4-2-3-5-7-18/h8-9H,2-7H2,1H3,(H,17,19). The maximum atomic E-state index is 12.2. The molecule has 1 fully saturated rings. The van der Waals surface area contributed by atoms with Gasteiger partial charge in [0.25, 0.3) is 0 Å². The van der Waals surface area contributed by atoms with Crippen LogP contribution in [0.4, 0.5) is 10.5 Å². The number of aryl methyl sites for hydroxylation is 1. The first-order chi connectivity index (χ1) is 9.08. The number of benzene rings is 1. The van der Waals surface area contributed by atoms with Crippen LogP contribution >= 0.6 is 27.5 Å². The number of hydrogen-bond acceptors (Lipinski definition) is 1. The Morgan fingerprint density at radius 3 is 2.53 bits per heavy atom. The van der Waals surface area contributed by atoms with Crippen molar-refractivity contribution >= 4 is 39.2 Å². The van der Waals surface area contributed by atoms with Gasteiger partial charge in [0, 0.05) is 22.6 Å². The molecule has 1 N–H and O–H groups in total. The first-order valence-corrected chi connectivity index (χ1v) is 7.76. The van der Waals surface area contributed by atoms with Gasteiger partial charge < -0.3 is 10.2 Å². The van der Waals surface area contributed by atoms with Crippen LogP contribution in [0.25, 0.3) is 0 Å². The first kappa shape index (κ1) is 14.7. The lowest BCUT2D eigenvalue weighted by atomic mass is 10.2. The smallest absolute Gasteiger partial charge is 0.321 e. The van der Waals surface area contributed by atoms with Crippen LogP contribution in [0.1, 0.15) is 31.2 Å². The summed E-state index contributed by atoms with van der Waals surface area (Å²) in [6.45, 7) is 3.61. The second-order valence-electron chi connectivity index (χ2n) is 4.91. The van der Waals surface area contributed by atoms with Crippen LogP contribution in [0.5, 0.6) is 0 Å². The molecule has 3 nitrogen and oxygen atoms in total. The average Bonchev–Trinajstić information content (AvgIpc) is 2.64. The third-order valence-corrected chi connectivity index (χ3v) is 4.45. The Morgan fingerprint density at radius 1 is 1.26 bits per heavy atom. The number of halogens is 2. The number of anilines is 1. The van der Waals surface area contributed by atoms with Crippen molar-refractivity contribution in [1.29, 1.82) is 0 Å². The van der Waals surface area contributed by atoms with Crippen molar-refractivity contribution < 1.29 is 4.79 Å². The molecule has 1 aromatic rings. The molecule has 0 unspecified atom stereocenters. The number of nitrogens with zero attached hydrogens (tertiary/aromatic N) is 1. The van der Waals surface area contributed by atoms with Gasteiger partial charge in [-0.3, -0.25) is 0 Å². The second kappa shape index (κ2) is 6.62. The van der Waals surface area contributed by atoms with E-state index in [-0.39, 0.29) is 6.03 Å². The fraction of sp³-hybridized carbons (Fsp3) is 0.500. The highest BCUT2D eigenvalue weighted by molar-refractivity contribution is 9.10. The molecule has 0 bridgehead atoms. The zero-order valence-corrected chi connectivity index (χ0v) is 13.4. The van der Waals surface area contributed by atoms with E-state index in [4.69, 9.17) is 11.6 Å². The van der Waals surface area contributed by atoms with E-state index in [0.29, 0.717) is 5.02 Å². The summed E-state index contributed by atoms with van der Waals surface area (Å²) >= 11 is 9.55. The van der Waals surface area contributed by atoms with Crippen molar-refractivity contribution in [2.45, 2.75) is 32.6 Å². The molecule has 0 atom stereocenters. The zero-order valence-electron chi connectivity index (χ0n) is 11.0. The maximum absolute atomic E-state index is 12.2. The van der Waals surface area contributed by atoms with Gasteiger partial charge in [-0.05, 0) is 53.4 Å². The van der Waals surface area contributed by atoms with E-state index in [9.17, 15) is 4.79 Å². The lowest BCUT2D eigenvalue weighted by Crippen LogP contribution is -2.35. The lowest BCUT2D eigenvalue weighted by Gasteiger charge is -2.21. The molecule has 1 aromatic carbocycles. The van der Waals surface area contributed by atoms with Crippen LogP contribution in [0, 0.1) is 6.92 Å². The molecule has 1 aliphatic heterocycles. The van der Waals surface area contributed by atoms with E-state index in [0.717, 1.165) is 41.7 Å². The number of likely N-dealkylation sites (tertiary alicyclic amines) is 1. The summed E-state index contributed by atoms with van der Waals surface area (Å²) in [5.41, 5.74) is 1.71. The van der Waals surface area contributed by atoms with Crippen LogP contribution in [0.15, 0.2) is 16.6 Å². The summed E-state index contributed by atoms with van der Waals surface area (Å²) in [6.07, 6.45) is 4.60. The summed E-state index contributed by atoms with van der Waals surface area (Å²) in [4.78, 5) is 14.1. The van der Waals surface area contributed by atoms with Crippen molar-refractivity contribution in [2.75, 3.05) is 18.4 Å². The third kappa shape index (κ3) is 3.86. The van der Waals surface area contributed by atoms with Gasteiger partial charge >= 0.3 is 6.03 Å². The highest BCUT2D eigenvalue weighted by atomic mass is 79.9. The monoisotopic (exact) mass is 344 g/mol. The third-order valence-electron chi connectivity index (χ3n) is 3.38. The Hall–Kier alpha value is -0.740. The quantitative estimate of drug-likeness (QED) is 0.777. The molecule has 0 aliphatic carbocycles. The van der Waals surface area contributed by atoms with E-state index in [1.165, 1.54) is 12.8 Å². The molecule has 0 spiro atoms. The van der Waals surface area contributed by atoms with Gasteiger partial charge in [0.1, 0.15) is 0 Å². The number of carbonyl (C=O) groups is 1. The SMILES string of the molecule is Cc1cc(Br)c(NC(=O)N2CCCCCC2)cc1Cl. The summed E-state index contributed by atoms with van der Waals surface area (Å²) in [6, 6.07) is 3.67. The van der Waals surface area contributed by atoms with Crippen LogP contribution in [-0.4, -0.2) is 24.0 Å². The predicted octanol–water partition coefficient (Wildman–Crippen LogP) is 4.82. The van der Waals surface area contributed by atoms with Crippen LogP contribution in [-0.2, 0) is 0 Å². The number of hydrogen-bond donors (Lipinski definition) is 1. The molecular formula is C14H18BrClN2O. The Morgan fingerprint density at radius 2 is 1.89 bits per heavy atom. The molecule has 0 saturated carbocycles. The van der Waals surface area contributed by atoms with Gasteiger partial charge in [-0.1, -0.05) is 24.4 Å². The topological polar surface area (TPSA) is 32.3 Å². The molecule has 2 amide bonds. The van der Waals surface area contributed by atoms with Gasteiger partial charge in [0.2, 0.25) is 0 Å². The number of nitrogens with one attached hydrogen (secondary N) is 1. The van der Waals surface area contributed by atoms with Crippen molar-refractivity contribution in [3.8, 4) is 0 Å². The Balaban J connectivity index is 2.07. The minimum absolute atomic E-state index is 0.0393. The van der Waals surface area contributed by atoms with E-state index in [1.807, 2.05) is 17.9 Å². The summed E-state index contributed by atoms with van der Waals surface area (Å²) in [7, 11) is 0. The van der Waals surface area contributed by atoms with E-state index < -0.39 is 0 Å². The molecule has 2 rings (SSSR count). The normalized spacial score (nSPS) is 16.1. The van der Waals surface area contributed by atoms with Crippen molar-refractivity contribution in [1.82, 2.24) is 4.90 Å². The van der Waals surface area contributed by atoms with E-state index in [1.54, 1.807) is 6.07 Å². The summed E-state index contributed by atoms with van der Waals surface area (Å²) in [5, 5.41) is 3.59. The minimum atomic E-state index is -0.0393. The Bertz CT molecular complexity index is 471. The minimum Gasteiger partial charge on any atom is -0.325 e. The Kier molecular flexibility index (Phi) is 5.11. The molecule has 0 aromatic heterocycles. The number of carbonyl (C=O) groups excluding carboxylic acids is 1. The molecule has 19 heavy (non-hydrogen) atoms. The van der Waals surface area contributed by atoms with Gasteiger partial charge in [-0.15, -0.1) is 0 Å². The maximum Gasteiger partial charge on any atom is 0.321 e. The molecule has 1 heterocycles. The Labute approximate surface area is 127 Å². The highest BCUT2D eigenvalue weighted by Gasteiger charge is 2.16. The zero-order chi connectivity index (χ0) is 13.8. The molecule has 0 radical (unpaired) electrons. The number of urea groups is 1. The second-order valence-corrected chi connectivity index (χ2v) is 6.17.